The average Bonchev–Trinajstić information content (AvgIpc) is 3.14. The van der Waals surface area contributed by atoms with Gasteiger partial charge in [0.2, 0.25) is 0 Å². The number of piperidine rings is 1. The van der Waals surface area contributed by atoms with Crippen LogP contribution in [0.5, 0.6) is 0 Å². The van der Waals surface area contributed by atoms with Gasteiger partial charge in [0, 0.05) is 23.9 Å². The summed E-state index contributed by atoms with van der Waals surface area (Å²) in [7, 11) is 0. The van der Waals surface area contributed by atoms with Gasteiger partial charge in [-0.05, 0) is 80.7 Å². The molecule has 2 aromatic heterocycles. The van der Waals surface area contributed by atoms with E-state index in [0.29, 0.717) is 11.5 Å². The largest absolute Gasteiger partial charge is 0.440 e. The van der Waals surface area contributed by atoms with Crippen molar-refractivity contribution in [3.63, 3.8) is 0 Å². The monoisotopic (exact) mass is 388 g/mol. The molecule has 1 aliphatic heterocycles. The first kappa shape index (κ1) is 18.1. The Morgan fingerprint density at radius 3 is 2.55 bits per heavy atom. The number of likely N-dealkylation sites (tertiary alicyclic amines) is 1. The van der Waals surface area contributed by atoms with Crippen molar-refractivity contribution in [2.24, 2.45) is 0 Å². The summed E-state index contributed by atoms with van der Waals surface area (Å²) in [6.07, 6.45) is 2.01. The molecule has 4 aromatic rings. The summed E-state index contributed by atoms with van der Waals surface area (Å²) >= 11 is 0. The van der Waals surface area contributed by atoms with Crippen molar-refractivity contribution in [2.75, 3.05) is 13.1 Å². The Bertz CT molecular complexity index is 1210. The number of aromatic nitrogens is 1. The fourth-order valence-electron chi connectivity index (χ4n) is 4.26. The van der Waals surface area contributed by atoms with Crippen LogP contribution in [0.25, 0.3) is 22.1 Å². The van der Waals surface area contributed by atoms with Crippen LogP contribution >= 0.6 is 0 Å². The third-order valence-corrected chi connectivity index (χ3v) is 6.09. The fourth-order valence-corrected chi connectivity index (χ4v) is 4.26. The molecule has 0 aliphatic carbocycles. The van der Waals surface area contributed by atoms with Gasteiger partial charge in [0.25, 0.3) is 0 Å². The highest BCUT2D eigenvalue weighted by Gasteiger charge is 2.25. The molecule has 0 atom stereocenters. The van der Waals surface area contributed by atoms with Crippen molar-refractivity contribution >= 4 is 22.1 Å². The number of hydrogen-bond acceptors (Lipinski definition) is 5. The number of para-hydroxylation sites is 2. The molecule has 5 rings (SSSR count). The van der Waals surface area contributed by atoms with Crippen LogP contribution in [0.1, 0.15) is 41.3 Å². The van der Waals surface area contributed by atoms with E-state index in [4.69, 9.17) is 8.83 Å². The standard InChI is InChI=1S/C24H24N2O3/c1-15-11-19-18(13-23(27)28-22(19)12-16(15)2)14-26-9-7-17(8-10-26)24-25-20-5-3-4-6-21(20)29-24/h3-6,11-13,17H,7-10,14H2,1-2H3. The summed E-state index contributed by atoms with van der Waals surface area (Å²) in [4.78, 5) is 19.1. The zero-order valence-corrected chi connectivity index (χ0v) is 16.8. The van der Waals surface area contributed by atoms with E-state index in [2.05, 4.69) is 22.9 Å². The Hall–Kier alpha value is -2.92. The lowest BCUT2D eigenvalue weighted by Crippen LogP contribution is -2.32. The highest BCUT2D eigenvalue weighted by molar-refractivity contribution is 5.81. The minimum atomic E-state index is -0.280. The van der Waals surface area contributed by atoms with Gasteiger partial charge in [-0.1, -0.05) is 12.1 Å². The number of rotatable bonds is 3. The molecular formula is C24H24N2O3. The average molecular weight is 388 g/mol. The van der Waals surface area contributed by atoms with Crippen LogP contribution in [0, 0.1) is 13.8 Å². The third-order valence-electron chi connectivity index (χ3n) is 6.09. The third kappa shape index (κ3) is 3.47. The summed E-state index contributed by atoms with van der Waals surface area (Å²) in [6, 6.07) is 13.7. The van der Waals surface area contributed by atoms with Crippen molar-refractivity contribution in [3.05, 3.63) is 75.5 Å². The molecule has 2 aromatic carbocycles. The Morgan fingerprint density at radius 1 is 1.00 bits per heavy atom. The number of nitrogens with zero attached hydrogens (tertiary/aromatic N) is 2. The number of hydrogen-bond donors (Lipinski definition) is 0. The number of benzene rings is 2. The van der Waals surface area contributed by atoms with Crippen molar-refractivity contribution in [2.45, 2.75) is 39.2 Å². The molecule has 1 saturated heterocycles. The van der Waals surface area contributed by atoms with Crippen LogP contribution in [-0.2, 0) is 6.54 Å². The fraction of sp³-hybridized carbons (Fsp3) is 0.333. The molecule has 0 unspecified atom stereocenters. The van der Waals surface area contributed by atoms with E-state index >= 15 is 0 Å². The number of aryl methyl sites for hydroxylation is 2. The van der Waals surface area contributed by atoms with Gasteiger partial charge >= 0.3 is 5.63 Å². The van der Waals surface area contributed by atoms with E-state index in [0.717, 1.165) is 66.0 Å². The van der Waals surface area contributed by atoms with E-state index in [-0.39, 0.29) is 5.63 Å². The lowest BCUT2D eigenvalue weighted by molar-refractivity contribution is 0.194. The molecule has 0 N–H and O–H groups in total. The molecule has 0 bridgehead atoms. The Balaban J connectivity index is 1.34. The van der Waals surface area contributed by atoms with Gasteiger partial charge in [-0.15, -0.1) is 0 Å². The van der Waals surface area contributed by atoms with E-state index in [9.17, 15) is 4.79 Å². The Labute approximate surface area is 169 Å². The highest BCUT2D eigenvalue weighted by Crippen LogP contribution is 2.31. The molecule has 1 fully saturated rings. The van der Waals surface area contributed by atoms with Gasteiger partial charge in [-0.3, -0.25) is 4.90 Å². The first-order valence-electron chi connectivity index (χ1n) is 10.2. The van der Waals surface area contributed by atoms with Gasteiger partial charge in [-0.25, -0.2) is 9.78 Å². The molecule has 148 valence electrons. The molecule has 29 heavy (non-hydrogen) atoms. The van der Waals surface area contributed by atoms with Crippen molar-refractivity contribution in [3.8, 4) is 0 Å². The molecule has 5 nitrogen and oxygen atoms in total. The maximum atomic E-state index is 12.1. The maximum Gasteiger partial charge on any atom is 0.336 e. The topological polar surface area (TPSA) is 59.5 Å². The summed E-state index contributed by atoms with van der Waals surface area (Å²) < 4.78 is 11.4. The van der Waals surface area contributed by atoms with Gasteiger partial charge in [0.05, 0.1) is 0 Å². The lowest BCUT2D eigenvalue weighted by Gasteiger charge is -2.30. The molecular weight excluding hydrogens is 364 g/mol. The van der Waals surface area contributed by atoms with Crippen LogP contribution in [0.15, 0.2) is 56.1 Å². The quantitative estimate of drug-likeness (QED) is 0.466. The SMILES string of the molecule is Cc1cc2oc(=O)cc(CN3CCC(c4nc5ccccc5o4)CC3)c2cc1C. The second-order valence-electron chi connectivity index (χ2n) is 8.09. The first-order valence-corrected chi connectivity index (χ1v) is 10.2. The minimum absolute atomic E-state index is 0.280. The van der Waals surface area contributed by atoms with Gasteiger partial charge in [0.1, 0.15) is 11.1 Å². The first-order chi connectivity index (χ1) is 14.1. The smallest absolute Gasteiger partial charge is 0.336 e. The second-order valence-corrected chi connectivity index (χ2v) is 8.09. The second kappa shape index (κ2) is 7.16. The lowest BCUT2D eigenvalue weighted by atomic mass is 9.96. The van der Waals surface area contributed by atoms with Crippen LogP contribution in [-0.4, -0.2) is 23.0 Å². The van der Waals surface area contributed by atoms with Crippen molar-refractivity contribution < 1.29 is 8.83 Å². The summed E-state index contributed by atoms with van der Waals surface area (Å²) in [6.45, 7) is 6.80. The summed E-state index contributed by atoms with van der Waals surface area (Å²) in [5, 5.41) is 1.04. The molecule has 3 heterocycles. The van der Waals surface area contributed by atoms with Gasteiger partial charge in [0.15, 0.2) is 11.5 Å². The summed E-state index contributed by atoms with van der Waals surface area (Å²) in [5.41, 5.74) is 5.57. The Morgan fingerprint density at radius 2 is 1.76 bits per heavy atom. The highest BCUT2D eigenvalue weighted by atomic mass is 16.4. The van der Waals surface area contributed by atoms with E-state index in [1.54, 1.807) is 6.07 Å². The van der Waals surface area contributed by atoms with Crippen LogP contribution < -0.4 is 5.63 Å². The van der Waals surface area contributed by atoms with E-state index in [1.165, 1.54) is 5.56 Å². The molecule has 0 spiro atoms. The molecule has 5 heteroatoms. The van der Waals surface area contributed by atoms with Gasteiger partial charge in [-0.2, -0.15) is 0 Å². The minimum Gasteiger partial charge on any atom is -0.440 e. The summed E-state index contributed by atoms with van der Waals surface area (Å²) in [5.74, 6) is 1.20. The molecule has 0 amide bonds. The Kier molecular flexibility index (Phi) is 4.47. The van der Waals surface area contributed by atoms with Crippen LogP contribution in [0.2, 0.25) is 0 Å². The zero-order valence-electron chi connectivity index (χ0n) is 16.8. The van der Waals surface area contributed by atoms with Gasteiger partial charge < -0.3 is 8.83 Å². The zero-order chi connectivity index (χ0) is 20.0. The predicted molar refractivity (Wildman–Crippen MR) is 113 cm³/mol. The van der Waals surface area contributed by atoms with Crippen molar-refractivity contribution in [1.29, 1.82) is 0 Å². The molecule has 0 saturated carbocycles. The van der Waals surface area contributed by atoms with Crippen LogP contribution in [0.4, 0.5) is 0 Å². The number of oxazole rings is 1. The van der Waals surface area contributed by atoms with Crippen LogP contribution in [0.3, 0.4) is 0 Å². The van der Waals surface area contributed by atoms with Crippen molar-refractivity contribution in [1.82, 2.24) is 9.88 Å². The normalized spacial score (nSPS) is 16.1. The van der Waals surface area contributed by atoms with E-state index < -0.39 is 0 Å². The molecule has 0 radical (unpaired) electrons. The maximum absolute atomic E-state index is 12.1. The van der Waals surface area contributed by atoms with E-state index in [1.807, 2.05) is 37.3 Å². The molecule has 1 aliphatic rings. The predicted octanol–water partition coefficient (Wildman–Crippen LogP) is 4.93. The number of fused-ring (bicyclic) bond motifs is 2.